The number of carbonyl (C=O) groups is 1. The lowest BCUT2D eigenvalue weighted by atomic mass is 10.2. The van der Waals surface area contributed by atoms with Crippen LogP contribution in [0.1, 0.15) is 10.4 Å². The predicted octanol–water partition coefficient (Wildman–Crippen LogP) is 3.66. The van der Waals surface area contributed by atoms with Gasteiger partial charge in [-0.1, -0.05) is 44.0 Å². The Morgan fingerprint density at radius 1 is 1.17 bits per heavy atom. The maximum Gasteiger partial charge on any atom is 0.181 e. The van der Waals surface area contributed by atoms with Crippen molar-refractivity contribution in [3.05, 3.63) is 32.8 Å². The van der Waals surface area contributed by atoms with Gasteiger partial charge < -0.3 is 0 Å². The Labute approximate surface area is 87.2 Å². The van der Waals surface area contributed by atoms with Gasteiger partial charge in [-0.05, 0) is 12.1 Å². The lowest BCUT2D eigenvalue weighted by Gasteiger charge is -2.02. The van der Waals surface area contributed by atoms with Gasteiger partial charge in [0.05, 0.1) is 15.6 Å². The van der Waals surface area contributed by atoms with Crippen LogP contribution in [0.2, 0.25) is 15.1 Å². The SMILES string of the molecule is O=C(P)c1c(Cl)cc(Cl)cc1Cl. The Kier molecular flexibility index (Phi) is 3.37. The highest BCUT2D eigenvalue weighted by Gasteiger charge is 2.11. The van der Waals surface area contributed by atoms with Gasteiger partial charge in [-0.3, -0.25) is 4.79 Å². The maximum absolute atomic E-state index is 10.9. The van der Waals surface area contributed by atoms with Crippen LogP contribution in [0.4, 0.5) is 0 Å². The Morgan fingerprint density at radius 2 is 1.58 bits per heavy atom. The van der Waals surface area contributed by atoms with E-state index in [-0.39, 0.29) is 21.1 Å². The first-order valence-corrected chi connectivity index (χ1v) is 4.68. The number of hydrogen-bond acceptors (Lipinski definition) is 1. The summed E-state index contributed by atoms with van der Waals surface area (Å²) >= 11 is 17.1. The minimum Gasteiger partial charge on any atom is -0.290 e. The molecule has 1 nitrogen and oxygen atoms in total. The quantitative estimate of drug-likeness (QED) is 0.686. The summed E-state index contributed by atoms with van der Waals surface area (Å²) < 4.78 is 0. The molecule has 0 fully saturated rings. The van der Waals surface area contributed by atoms with Crippen molar-refractivity contribution in [1.29, 1.82) is 0 Å². The molecule has 1 unspecified atom stereocenters. The van der Waals surface area contributed by atoms with Gasteiger partial charge in [0, 0.05) is 5.02 Å². The molecule has 1 rings (SSSR count). The molecule has 0 bridgehead atoms. The summed E-state index contributed by atoms with van der Waals surface area (Å²) in [5, 5.41) is 0.958. The normalized spacial score (nSPS) is 10.0. The zero-order valence-electron chi connectivity index (χ0n) is 5.77. The standard InChI is InChI=1S/C7H4Cl3OP/c8-3-1-4(9)6(7(11)12)5(10)2-3/h1-2H,12H2. The first kappa shape index (κ1) is 10.3. The molecule has 0 radical (unpaired) electrons. The second-order valence-electron chi connectivity index (χ2n) is 2.11. The first-order chi connectivity index (χ1) is 5.52. The molecule has 0 heterocycles. The molecule has 1 aromatic rings. The Balaban J connectivity index is 3.38. The van der Waals surface area contributed by atoms with Gasteiger partial charge in [0.15, 0.2) is 5.52 Å². The molecule has 0 spiro atoms. The molecule has 12 heavy (non-hydrogen) atoms. The molecule has 1 atom stereocenters. The number of hydrogen-bond donors (Lipinski definition) is 0. The Bertz CT molecular complexity index is 314. The highest BCUT2D eigenvalue weighted by Crippen LogP contribution is 2.30. The van der Waals surface area contributed by atoms with Crippen LogP contribution < -0.4 is 0 Å². The second-order valence-corrected chi connectivity index (χ2v) is 3.88. The van der Waals surface area contributed by atoms with Crippen molar-refractivity contribution in [3.63, 3.8) is 0 Å². The van der Waals surface area contributed by atoms with Gasteiger partial charge in [0.25, 0.3) is 0 Å². The van der Waals surface area contributed by atoms with E-state index < -0.39 is 0 Å². The molecule has 1 aromatic carbocycles. The van der Waals surface area contributed by atoms with E-state index >= 15 is 0 Å². The van der Waals surface area contributed by atoms with E-state index in [2.05, 4.69) is 0 Å². The van der Waals surface area contributed by atoms with Crippen LogP contribution in [0.15, 0.2) is 12.1 Å². The lowest BCUT2D eigenvalue weighted by molar-refractivity contribution is 0.108. The summed E-state index contributed by atoms with van der Waals surface area (Å²) in [4.78, 5) is 10.9. The Hall–Kier alpha value is 0.190. The summed E-state index contributed by atoms with van der Waals surface area (Å²) in [6.45, 7) is 0. The highest BCUT2D eigenvalue weighted by molar-refractivity contribution is 7.41. The van der Waals surface area contributed by atoms with Crippen molar-refractivity contribution in [2.75, 3.05) is 0 Å². The van der Waals surface area contributed by atoms with Crippen molar-refractivity contribution in [3.8, 4) is 0 Å². The lowest BCUT2D eigenvalue weighted by Crippen LogP contribution is -1.90. The number of carbonyl (C=O) groups excluding carboxylic acids is 1. The molecule has 5 heteroatoms. The molecule has 0 aromatic heterocycles. The summed E-state index contributed by atoms with van der Waals surface area (Å²) in [6.07, 6.45) is 0. The van der Waals surface area contributed by atoms with Gasteiger partial charge in [-0.25, -0.2) is 0 Å². The predicted molar refractivity (Wildman–Crippen MR) is 55.5 cm³/mol. The third kappa shape index (κ3) is 2.11. The van der Waals surface area contributed by atoms with Gasteiger partial charge in [0.1, 0.15) is 0 Å². The fraction of sp³-hybridized carbons (Fsp3) is 0. The monoisotopic (exact) mass is 240 g/mol. The van der Waals surface area contributed by atoms with Gasteiger partial charge in [-0.15, -0.1) is 0 Å². The van der Waals surface area contributed by atoms with Crippen molar-refractivity contribution in [1.82, 2.24) is 0 Å². The molecule has 64 valence electrons. The molecular formula is C7H4Cl3OP. The molecule has 0 saturated carbocycles. The van der Waals surface area contributed by atoms with E-state index in [1.807, 2.05) is 9.24 Å². The average molecular weight is 241 g/mol. The summed E-state index contributed by atoms with van der Waals surface area (Å²) in [6, 6.07) is 2.96. The summed E-state index contributed by atoms with van der Waals surface area (Å²) in [5.41, 5.74) is 0.0365. The number of halogens is 3. The number of rotatable bonds is 1. The molecule has 0 aliphatic carbocycles. The molecule has 0 aliphatic heterocycles. The minimum absolute atomic E-state index is 0.248. The number of benzene rings is 1. The fourth-order valence-corrected chi connectivity index (χ4v) is 2.27. The maximum atomic E-state index is 10.9. The third-order valence-electron chi connectivity index (χ3n) is 1.25. The average Bonchev–Trinajstić information content (AvgIpc) is 1.82. The summed E-state index contributed by atoms with van der Waals surface area (Å²) in [5.74, 6) is 0. The Morgan fingerprint density at radius 3 is 1.92 bits per heavy atom. The smallest absolute Gasteiger partial charge is 0.181 e. The van der Waals surface area contributed by atoms with Crippen molar-refractivity contribution in [2.45, 2.75) is 0 Å². The molecule has 0 saturated heterocycles. The van der Waals surface area contributed by atoms with Crippen molar-refractivity contribution in [2.24, 2.45) is 0 Å². The highest BCUT2D eigenvalue weighted by atomic mass is 35.5. The van der Waals surface area contributed by atoms with E-state index in [1.165, 1.54) is 12.1 Å². The van der Waals surface area contributed by atoms with E-state index in [9.17, 15) is 4.79 Å². The van der Waals surface area contributed by atoms with E-state index in [4.69, 9.17) is 34.8 Å². The fourth-order valence-electron chi connectivity index (χ4n) is 0.778. The topological polar surface area (TPSA) is 17.1 Å². The molecule has 0 amide bonds. The van der Waals surface area contributed by atoms with E-state index in [0.717, 1.165) is 0 Å². The van der Waals surface area contributed by atoms with Gasteiger partial charge in [-0.2, -0.15) is 0 Å². The van der Waals surface area contributed by atoms with Crippen LogP contribution in [0.3, 0.4) is 0 Å². The van der Waals surface area contributed by atoms with Gasteiger partial charge in [0.2, 0.25) is 0 Å². The molecule has 0 N–H and O–H groups in total. The van der Waals surface area contributed by atoms with Crippen LogP contribution >= 0.6 is 44.0 Å². The van der Waals surface area contributed by atoms with E-state index in [1.54, 1.807) is 0 Å². The van der Waals surface area contributed by atoms with Crippen LogP contribution in [0.5, 0.6) is 0 Å². The van der Waals surface area contributed by atoms with E-state index in [0.29, 0.717) is 5.02 Å². The second kappa shape index (κ2) is 3.93. The van der Waals surface area contributed by atoms with Crippen LogP contribution in [-0.4, -0.2) is 5.52 Å². The third-order valence-corrected chi connectivity index (χ3v) is 2.36. The largest absolute Gasteiger partial charge is 0.290 e. The molecule has 0 aliphatic rings. The van der Waals surface area contributed by atoms with Crippen molar-refractivity contribution < 1.29 is 4.79 Å². The van der Waals surface area contributed by atoms with Crippen LogP contribution in [0, 0.1) is 0 Å². The first-order valence-electron chi connectivity index (χ1n) is 2.96. The van der Waals surface area contributed by atoms with Gasteiger partial charge >= 0.3 is 0 Å². The zero-order valence-corrected chi connectivity index (χ0v) is 9.20. The van der Waals surface area contributed by atoms with Crippen LogP contribution in [-0.2, 0) is 0 Å². The van der Waals surface area contributed by atoms with Crippen molar-refractivity contribution >= 4 is 49.6 Å². The molecular weight excluding hydrogens is 237 g/mol. The summed E-state index contributed by atoms with van der Waals surface area (Å²) in [7, 11) is 2.01. The zero-order chi connectivity index (χ0) is 9.30. The van der Waals surface area contributed by atoms with Crippen LogP contribution in [0.25, 0.3) is 0 Å². The minimum atomic E-state index is -0.248.